The molecule has 0 aliphatic rings. The molecule has 0 heterocycles. The van der Waals surface area contributed by atoms with Crippen molar-refractivity contribution in [1.29, 1.82) is 0 Å². The molecule has 2 N–H and O–H groups in total. The van der Waals surface area contributed by atoms with Crippen LogP contribution in [-0.4, -0.2) is 11.1 Å². The highest BCUT2D eigenvalue weighted by molar-refractivity contribution is 5.85. The summed E-state index contributed by atoms with van der Waals surface area (Å²) < 4.78 is 0. The van der Waals surface area contributed by atoms with E-state index in [9.17, 15) is 0 Å². The van der Waals surface area contributed by atoms with Crippen LogP contribution in [0.3, 0.4) is 0 Å². The summed E-state index contributed by atoms with van der Waals surface area (Å²) in [6.45, 7) is 4.15. The number of anilines is 1. The smallest absolute Gasteiger partial charge is 0.115 e. The number of halogens is 1. The van der Waals surface area contributed by atoms with E-state index in [1.165, 1.54) is 0 Å². The molecule has 0 fully saturated rings. The molecule has 0 saturated carbocycles. The molecule has 0 unspecified atom stereocenters. The van der Waals surface area contributed by atoms with E-state index in [2.05, 4.69) is 19.2 Å². The van der Waals surface area contributed by atoms with Gasteiger partial charge < -0.3 is 10.4 Å². The summed E-state index contributed by atoms with van der Waals surface area (Å²) >= 11 is 0. The van der Waals surface area contributed by atoms with E-state index in [-0.39, 0.29) is 12.4 Å². The minimum Gasteiger partial charge on any atom is -0.508 e. The van der Waals surface area contributed by atoms with Gasteiger partial charge in [0, 0.05) is 11.7 Å². The van der Waals surface area contributed by atoms with E-state index in [1.54, 1.807) is 12.1 Å². The zero-order valence-corrected chi connectivity index (χ0v) is 8.06. The predicted octanol–water partition coefficient (Wildman–Crippen LogP) is 2.63. The summed E-state index contributed by atoms with van der Waals surface area (Å²) in [5, 5.41) is 12.2. The van der Waals surface area contributed by atoms with E-state index >= 15 is 0 Å². The van der Waals surface area contributed by atoms with Gasteiger partial charge in [-0.3, -0.25) is 0 Å². The summed E-state index contributed by atoms with van der Waals surface area (Å²) in [5.74, 6) is 0.305. The van der Waals surface area contributed by atoms with Crippen LogP contribution in [0.1, 0.15) is 13.8 Å². The second-order valence-electron chi connectivity index (χ2n) is 2.85. The molecule has 12 heavy (non-hydrogen) atoms. The topological polar surface area (TPSA) is 32.3 Å². The van der Waals surface area contributed by atoms with E-state index in [4.69, 9.17) is 5.11 Å². The van der Waals surface area contributed by atoms with Crippen molar-refractivity contribution in [3.63, 3.8) is 0 Å². The lowest BCUT2D eigenvalue weighted by Gasteiger charge is -2.08. The third kappa shape index (κ3) is 3.49. The standard InChI is InChI=1S/C9H13NO.ClH/c1-7(2)10-8-3-5-9(11)6-4-8;/h3-7,10-11H,1-2H3;1H. The van der Waals surface area contributed by atoms with Crippen LogP contribution in [0.25, 0.3) is 0 Å². The summed E-state index contributed by atoms with van der Waals surface area (Å²) in [6, 6.07) is 7.49. The van der Waals surface area contributed by atoms with Gasteiger partial charge in [0.25, 0.3) is 0 Å². The molecule has 0 saturated heterocycles. The SMILES string of the molecule is CC(C)Nc1ccc(O)cc1.Cl. The fraction of sp³-hybridized carbons (Fsp3) is 0.333. The Bertz CT molecular complexity index is 220. The van der Waals surface area contributed by atoms with Crippen LogP contribution < -0.4 is 5.32 Å². The van der Waals surface area contributed by atoms with Crippen LogP contribution >= 0.6 is 12.4 Å². The summed E-state index contributed by atoms with van der Waals surface area (Å²) in [6.07, 6.45) is 0. The lowest BCUT2D eigenvalue weighted by Crippen LogP contribution is -2.08. The van der Waals surface area contributed by atoms with Gasteiger partial charge >= 0.3 is 0 Å². The summed E-state index contributed by atoms with van der Waals surface area (Å²) in [5.41, 5.74) is 1.04. The van der Waals surface area contributed by atoms with Gasteiger partial charge in [0.2, 0.25) is 0 Å². The maximum Gasteiger partial charge on any atom is 0.115 e. The summed E-state index contributed by atoms with van der Waals surface area (Å²) in [4.78, 5) is 0. The molecule has 1 aromatic carbocycles. The number of phenols is 1. The first-order chi connectivity index (χ1) is 5.18. The van der Waals surface area contributed by atoms with Crippen molar-refractivity contribution < 1.29 is 5.11 Å². The van der Waals surface area contributed by atoms with Crippen LogP contribution in [0.4, 0.5) is 5.69 Å². The van der Waals surface area contributed by atoms with E-state index < -0.39 is 0 Å². The van der Waals surface area contributed by atoms with Crippen LogP contribution in [-0.2, 0) is 0 Å². The Morgan fingerprint density at radius 2 is 1.67 bits per heavy atom. The third-order valence-corrected chi connectivity index (χ3v) is 1.32. The van der Waals surface area contributed by atoms with E-state index in [1.807, 2.05) is 12.1 Å². The van der Waals surface area contributed by atoms with Gasteiger partial charge in [-0.05, 0) is 38.1 Å². The molecular weight excluding hydrogens is 174 g/mol. The summed E-state index contributed by atoms with van der Waals surface area (Å²) in [7, 11) is 0. The number of hydrogen-bond donors (Lipinski definition) is 2. The van der Waals surface area contributed by atoms with Crippen molar-refractivity contribution in [2.24, 2.45) is 0 Å². The highest BCUT2D eigenvalue weighted by Gasteiger charge is 1.93. The van der Waals surface area contributed by atoms with E-state index in [0.717, 1.165) is 5.69 Å². The molecule has 0 spiro atoms. The molecule has 0 aliphatic carbocycles. The second-order valence-corrected chi connectivity index (χ2v) is 2.85. The number of rotatable bonds is 2. The quantitative estimate of drug-likeness (QED) is 0.698. The zero-order valence-electron chi connectivity index (χ0n) is 7.24. The van der Waals surface area contributed by atoms with Crippen molar-refractivity contribution in [1.82, 2.24) is 0 Å². The van der Waals surface area contributed by atoms with Gasteiger partial charge in [-0.2, -0.15) is 0 Å². The molecule has 1 aromatic rings. The van der Waals surface area contributed by atoms with Crippen molar-refractivity contribution >= 4 is 18.1 Å². The number of hydrogen-bond acceptors (Lipinski definition) is 2. The van der Waals surface area contributed by atoms with Crippen molar-refractivity contribution in [2.75, 3.05) is 5.32 Å². The van der Waals surface area contributed by atoms with E-state index in [0.29, 0.717) is 11.8 Å². The maximum atomic E-state index is 8.96. The Balaban J connectivity index is 0.00000121. The van der Waals surface area contributed by atoms with Gasteiger partial charge in [0.1, 0.15) is 5.75 Å². The lowest BCUT2D eigenvalue weighted by atomic mass is 10.3. The average Bonchev–Trinajstić information content (AvgIpc) is 1.93. The highest BCUT2D eigenvalue weighted by atomic mass is 35.5. The molecule has 2 nitrogen and oxygen atoms in total. The predicted molar refractivity (Wildman–Crippen MR) is 54.1 cm³/mol. The molecule has 0 bridgehead atoms. The minimum atomic E-state index is 0. The Labute approximate surface area is 79.0 Å². The molecule has 0 atom stereocenters. The zero-order chi connectivity index (χ0) is 8.27. The number of benzene rings is 1. The van der Waals surface area contributed by atoms with Gasteiger partial charge in [-0.25, -0.2) is 0 Å². The lowest BCUT2D eigenvalue weighted by molar-refractivity contribution is 0.475. The first-order valence-electron chi connectivity index (χ1n) is 3.74. The average molecular weight is 188 g/mol. The monoisotopic (exact) mass is 187 g/mol. The second kappa shape index (κ2) is 4.88. The fourth-order valence-electron chi connectivity index (χ4n) is 0.891. The molecule has 68 valence electrons. The maximum absolute atomic E-state index is 8.96. The Kier molecular flexibility index (Phi) is 4.52. The first kappa shape index (κ1) is 11.1. The van der Waals surface area contributed by atoms with Gasteiger partial charge in [-0.1, -0.05) is 0 Å². The Morgan fingerprint density at radius 1 is 1.17 bits per heavy atom. The van der Waals surface area contributed by atoms with Crippen LogP contribution in [0.2, 0.25) is 0 Å². The molecule has 0 aromatic heterocycles. The Morgan fingerprint density at radius 3 is 2.08 bits per heavy atom. The largest absolute Gasteiger partial charge is 0.508 e. The fourth-order valence-corrected chi connectivity index (χ4v) is 0.891. The molecular formula is C9H14ClNO. The Hall–Kier alpha value is -0.890. The van der Waals surface area contributed by atoms with Crippen LogP contribution in [0.15, 0.2) is 24.3 Å². The first-order valence-corrected chi connectivity index (χ1v) is 3.74. The highest BCUT2D eigenvalue weighted by Crippen LogP contribution is 2.14. The molecule has 1 rings (SSSR count). The third-order valence-electron chi connectivity index (χ3n) is 1.32. The minimum absolute atomic E-state index is 0. The number of aromatic hydroxyl groups is 1. The normalized spacial score (nSPS) is 9.25. The van der Waals surface area contributed by atoms with Crippen molar-refractivity contribution in [3.05, 3.63) is 24.3 Å². The van der Waals surface area contributed by atoms with Crippen molar-refractivity contribution in [3.8, 4) is 5.75 Å². The molecule has 0 amide bonds. The number of phenolic OH excluding ortho intramolecular Hbond substituents is 1. The van der Waals surface area contributed by atoms with Gasteiger partial charge in [-0.15, -0.1) is 12.4 Å². The van der Waals surface area contributed by atoms with Crippen LogP contribution in [0, 0.1) is 0 Å². The van der Waals surface area contributed by atoms with Crippen molar-refractivity contribution in [2.45, 2.75) is 19.9 Å². The number of nitrogens with one attached hydrogen (secondary N) is 1. The van der Waals surface area contributed by atoms with Gasteiger partial charge in [0.15, 0.2) is 0 Å². The molecule has 0 aliphatic heterocycles. The molecule has 0 radical (unpaired) electrons. The molecule has 3 heteroatoms. The van der Waals surface area contributed by atoms with Gasteiger partial charge in [0.05, 0.1) is 0 Å². The van der Waals surface area contributed by atoms with Crippen LogP contribution in [0.5, 0.6) is 5.75 Å².